The third-order valence-corrected chi connectivity index (χ3v) is 13.4. The first kappa shape index (κ1) is 36.9. The Labute approximate surface area is 368 Å². The van der Waals surface area contributed by atoms with Crippen molar-refractivity contribution in [1.29, 1.82) is 0 Å². The van der Waals surface area contributed by atoms with E-state index in [-0.39, 0.29) is 5.41 Å². The first-order chi connectivity index (χ1) is 31.0. The molecule has 0 bridgehead atoms. The fourth-order valence-corrected chi connectivity index (χ4v) is 10.3. The van der Waals surface area contributed by atoms with Crippen LogP contribution in [0.3, 0.4) is 0 Å². The molecule has 0 atom stereocenters. The summed E-state index contributed by atoms with van der Waals surface area (Å²) in [6.07, 6.45) is 0. The van der Waals surface area contributed by atoms with E-state index in [9.17, 15) is 0 Å². The van der Waals surface area contributed by atoms with Crippen LogP contribution in [-0.4, -0.2) is 4.57 Å². The molecule has 63 heavy (non-hydrogen) atoms. The molecule has 0 aliphatic heterocycles. The number of rotatable bonds is 7. The molecule has 1 aliphatic carbocycles. The highest BCUT2D eigenvalue weighted by Crippen LogP contribution is 2.54. The van der Waals surface area contributed by atoms with Crippen molar-refractivity contribution in [1.82, 2.24) is 4.57 Å². The first-order valence-electron chi connectivity index (χ1n) is 21.9. The van der Waals surface area contributed by atoms with Gasteiger partial charge in [-0.25, -0.2) is 0 Å². The van der Waals surface area contributed by atoms with Crippen molar-refractivity contribution in [3.63, 3.8) is 0 Å². The van der Waals surface area contributed by atoms with Crippen molar-refractivity contribution in [2.75, 3.05) is 4.90 Å². The van der Waals surface area contributed by atoms with Gasteiger partial charge in [0.2, 0.25) is 0 Å². The highest BCUT2D eigenvalue weighted by Gasteiger charge is 2.37. The molecular weight excluding hydrogens is 761 g/mol. The highest BCUT2D eigenvalue weighted by molar-refractivity contribution is 6.10. The van der Waals surface area contributed by atoms with Gasteiger partial charge in [-0.3, -0.25) is 0 Å². The monoisotopic (exact) mass is 804 g/mol. The summed E-state index contributed by atoms with van der Waals surface area (Å²) in [5, 5.41) is 4.98. The topological polar surface area (TPSA) is 8.17 Å². The Balaban J connectivity index is 1.06. The minimum atomic E-state index is -0.105. The second-order valence-corrected chi connectivity index (χ2v) is 17.3. The van der Waals surface area contributed by atoms with E-state index < -0.39 is 0 Å². The predicted molar refractivity (Wildman–Crippen MR) is 267 cm³/mol. The molecule has 2 heteroatoms. The maximum atomic E-state index is 2.47. The average molecular weight is 805 g/mol. The lowest BCUT2D eigenvalue weighted by Gasteiger charge is -2.29. The van der Waals surface area contributed by atoms with Crippen LogP contribution in [0.1, 0.15) is 25.0 Å². The number of benzene rings is 10. The van der Waals surface area contributed by atoms with Gasteiger partial charge in [-0.15, -0.1) is 0 Å². The van der Waals surface area contributed by atoms with Gasteiger partial charge in [0.1, 0.15) is 0 Å². The summed E-state index contributed by atoms with van der Waals surface area (Å²) in [7, 11) is 0. The number of fused-ring (bicyclic) bond motifs is 7. The van der Waals surface area contributed by atoms with Crippen molar-refractivity contribution in [2.45, 2.75) is 19.3 Å². The zero-order valence-electron chi connectivity index (χ0n) is 35.3. The minimum Gasteiger partial charge on any atom is -0.310 e. The molecule has 12 rings (SSSR count). The van der Waals surface area contributed by atoms with Gasteiger partial charge in [0.05, 0.1) is 16.7 Å². The summed E-state index contributed by atoms with van der Waals surface area (Å²) in [5.41, 5.74) is 19.3. The van der Waals surface area contributed by atoms with Gasteiger partial charge >= 0.3 is 0 Å². The zero-order valence-corrected chi connectivity index (χ0v) is 35.3. The lowest BCUT2D eigenvalue weighted by molar-refractivity contribution is 0.660. The third kappa shape index (κ3) is 6.02. The SMILES string of the molecule is CC1(C)c2ccccc2-c2c(-c3ccccc3N(c3cccc(-c4ccc5ccccc5c4)c3)c3cccc(-c4ccc5c6ccccc6n(-c6ccccc6)c5c4)c3)cccc21. The van der Waals surface area contributed by atoms with Crippen LogP contribution in [0, 0.1) is 0 Å². The molecule has 0 saturated carbocycles. The minimum absolute atomic E-state index is 0.105. The van der Waals surface area contributed by atoms with Crippen LogP contribution in [0.4, 0.5) is 17.1 Å². The van der Waals surface area contributed by atoms with Crippen LogP contribution in [0.25, 0.3) is 82.8 Å². The Bertz CT molecular complexity index is 3550. The number of hydrogen-bond acceptors (Lipinski definition) is 1. The molecule has 0 fully saturated rings. The molecule has 1 aliphatic rings. The normalized spacial score (nSPS) is 12.7. The fourth-order valence-electron chi connectivity index (χ4n) is 10.3. The molecule has 0 N–H and O–H groups in total. The van der Waals surface area contributed by atoms with Gasteiger partial charge in [-0.2, -0.15) is 0 Å². The lowest BCUT2D eigenvalue weighted by atomic mass is 9.82. The highest BCUT2D eigenvalue weighted by atomic mass is 15.1. The van der Waals surface area contributed by atoms with Crippen LogP contribution < -0.4 is 4.90 Å². The number of aromatic nitrogens is 1. The molecule has 1 aromatic heterocycles. The maximum absolute atomic E-state index is 2.47. The summed E-state index contributed by atoms with van der Waals surface area (Å²) >= 11 is 0. The molecule has 0 saturated heterocycles. The second kappa shape index (κ2) is 14.6. The van der Waals surface area contributed by atoms with Crippen LogP contribution in [0.2, 0.25) is 0 Å². The molecule has 1 heterocycles. The van der Waals surface area contributed by atoms with E-state index in [1.54, 1.807) is 0 Å². The standard InChI is InChI=1S/C61H44N2/c1-61(2)55-29-11-8-27-54(55)60-53(28-16-30-56(60)61)51-26-10-12-31-57(51)62(48-23-14-19-43(38-48)45-34-33-41-17-6-7-18-42(41)37-45)49-24-15-20-44(39-49)46-35-36-52-50-25-9-13-32-58(50)63(59(52)40-46)47-21-4-3-5-22-47/h3-40H,1-2H3. The Hall–Kier alpha value is -7.94. The first-order valence-corrected chi connectivity index (χ1v) is 21.9. The summed E-state index contributed by atoms with van der Waals surface area (Å²) < 4.78 is 2.40. The largest absolute Gasteiger partial charge is 0.310 e. The van der Waals surface area contributed by atoms with Crippen molar-refractivity contribution in [2.24, 2.45) is 0 Å². The summed E-state index contributed by atoms with van der Waals surface area (Å²) in [6.45, 7) is 4.72. The van der Waals surface area contributed by atoms with Crippen molar-refractivity contribution in [3.8, 4) is 50.2 Å². The van der Waals surface area contributed by atoms with E-state index in [2.05, 4.69) is 254 Å². The second-order valence-electron chi connectivity index (χ2n) is 17.3. The Morgan fingerprint density at radius 1 is 0.365 bits per heavy atom. The molecule has 0 radical (unpaired) electrons. The lowest BCUT2D eigenvalue weighted by Crippen LogP contribution is -2.15. The van der Waals surface area contributed by atoms with E-state index in [4.69, 9.17) is 0 Å². The number of para-hydroxylation sites is 3. The number of nitrogens with zero attached hydrogens (tertiary/aromatic N) is 2. The fraction of sp³-hybridized carbons (Fsp3) is 0.0492. The van der Waals surface area contributed by atoms with Gasteiger partial charge in [-0.05, 0) is 122 Å². The van der Waals surface area contributed by atoms with Gasteiger partial charge in [0.15, 0.2) is 0 Å². The van der Waals surface area contributed by atoms with Crippen LogP contribution >= 0.6 is 0 Å². The van der Waals surface area contributed by atoms with Crippen molar-refractivity contribution in [3.05, 3.63) is 242 Å². The van der Waals surface area contributed by atoms with Crippen LogP contribution in [0.15, 0.2) is 231 Å². The third-order valence-electron chi connectivity index (χ3n) is 13.4. The predicted octanol–water partition coefficient (Wildman–Crippen LogP) is 16.7. The summed E-state index contributed by atoms with van der Waals surface area (Å²) in [4.78, 5) is 2.47. The van der Waals surface area contributed by atoms with Gasteiger partial charge < -0.3 is 9.47 Å². The molecule has 0 unspecified atom stereocenters. The molecule has 2 nitrogen and oxygen atoms in total. The van der Waals surface area contributed by atoms with E-state index >= 15 is 0 Å². The average Bonchev–Trinajstić information content (AvgIpc) is 3.80. The quantitative estimate of drug-likeness (QED) is 0.156. The molecule has 298 valence electrons. The number of anilines is 3. The van der Waals surface area contributed by atoms with E-state index in [0.717, 1.165) is 28.3 Å². The van der Waals surface area contributed by atoms with E-state index in [1.165, 1.54) is 82.6 Å². The molecule has 11 aromatic rings. The molecule has 10 aromatic carbocycles. The van der Waals surface area contributed by atoms with Gasteiger partial charge in [-0.1, -0.05) is 184 Å². The van der Waals surface area contributed by atoms with Gasteiger partial charge in [0, 0.05) is 38.8 Å². The smallest absolute Gasteiger partial charge is 0.0547 e. The molecule has 0 amide bonds. The van der Waals surface area contributed by atoms with E-state index in [0.29, 0.717) is 0 Å². The Kier molecular flexibility index (Phi) is 8.55. The summed E-state index contributed by atoms with van der Waals surface area (Å²) in [6, 6.07) is 84.7. The van der Waals surface area contributed by atoms with Crippen LogP contribution in [0.5, 0.6) is 0 Å². The van der Waals surface area contributed by atoms with Gasteiger partial charge in [0.25, 0.3) is 0 Å². The Morgan fingerprint density at radius 2 is 0.937 bits per heavy atom. The van der Waals surface area contributed by atoms with E-state index in [1.807, 2.05) is 0 Å². The summed E-state index contributed by atoms with van der Waals surface area (Å²) in [5.74, 6) is 0. The molecule has 0 spiro atoms. The maximum Gasteiger partial charge on any atom is 0.0547 e. The zero-order chi connectivity index (χ0) is 42.1. The molecular formula is C61H44N2. The Morgan fingerprint density at radius 3 is 1.75 bits per heavy atom. The number of hydrogen-bond donors (Lipinski definition) is 0. The van der Waals surface area contributed by atoms with Crippen molar-refractivity contribution < 1.29 is 0 Å². The van der Waals surface area contributed by atoms with Crippen molar-refractivity contribution >= 4 is 49.6 Å². The van der Waals surface area contributed by atoms with Crippen LogP contribution in [-0.2, 0) is 5.41 Å².